The van der Waals surface area contributed by atoms with Crippen molar-refractivity contribution in [1.29, 1.82) is 0 Å². The predicted octanol–water partition coefficient (Wildman–Crippen LogP) is 2.62. The van der Waals surface area contributed by atoms with Crippen molar-refractivity contribution in [3.05, 3.63) is 64.7 Å². The van der Waals surface area contributed by atoms with Gasteiger partial charge in [0, 0.05) is 10.0 Å². The Bertz CT molecular complexity index is 1130. The number of anilines is 1. The number of halogens is 1. The smallest absolute Gasteiger partial charge is 0.256 e. The zero-order valence-electron chi connectivity index (χ0n) is 14.3. The molecule has 1 amide bonds. The van der Waals surface area contributed by atoms with E-state index >= 15 is 0 Å². The van der Waals surface area contributed by atoms with Crippen LogP contribution in [0.1, 0.15) is 15.9 Å². The van der Waals surface area contributed by atoms with Gasteiger partial charge in [-0.25, -0.2) is 22.0 Å². The van der Waals surface area contributed by atoms with Gasteiger partial charge in [-0.3, -0.25) is 4.79 Å². The van der Waals surface area contributed by atoms with E-state index in [2.05, 4.69) is 27.8 Å². The number of sulfonamides is 1. The SMILES string of the molecule is C=CCS(=O)(=O)c1c(Br)ccc(C(=O)Nc2ccccc2S(N)(=O)=O)c1C. The van der Waals surface area contributed by atoms with Crippen molar-refractivity contribution in [2.75, 3.05) is 11.1 Å². The molecule has 27 heavy (non-hydrogen) atoms. The van der Waals surface area contributed by atoms with Gasteiger partial charge in [0.15, 0.2) is 9.84 Å². The summed E-state index contributed by atoms with van der Waals surface area (Å²) < 4.78 is 48.6. The number of rotatable bonds is 6. The molecule has 0 aliphatic heterocycles. The molecule has 7 nitrogen and oxygen atoms in total. The van der Waals surface area contributed by atoms with E-state index < -0.39 is 25.8 Å². The topological polar surface area (TPSA) is 123 Å². The Labute approximate surface area is 166 Å². The molecule has 0 aliphatic rings. The second kappa shape index (κ2) is 7.93. The van der Waals surface area contributed by atoms with E-state index in [0.717, 1.165) is 0 Å². The van der Waals surface area contributed by atoms with Crippen molar-refractivity contribution in [1.82, 2.24) is 0 Å². The summed E-state index contributed by atoms with van der Waals surface area (Å²) in [5, 5.41) is 7.64. The van der Waals surface area contributed by atoms with Crippen LogP contribution in [0.4, 0.5) is 5.69 Å². The number of carbonyl (C=O) groups is 1. The summed E-state index contributed by atoms with van der Waals surface area (Å²) in [4.78, 5) is 12.4. The minimum atomic E-state index is -4.05. The van der Waals surface area contributed by atoms with E-state index in [-0.39, 0.29) is 32.4 Å². The van der Waals surface area contributed by atoms with Crippen molar-refractivity contribution in [2.45, 2.75) is 16.7 Å². The van der Waals surface area contributed by atoms with E-state index in [1.165, 1.54) is 43.3 Å². The Morgan fingerprint density at radius 3 is 2.41 bits per heavy atom. The number of carbonyl (C=O) groups excluding carboxylic acids is 1. The van der Waals surface area contributed by atoms with Gasteiger partial charge < -0.3 is 5.32 Å². The fourth-order valence-corrected chi connectivity index (χ4v) is 5.81. The maximum atomic E-state index is 12.7. The lowest BCUT2D eigenvalue weighted by atomic mass is 10.1. The molecule has 0 radical (unpaired) electrons. The third-order valence-electron chi connectivity index (χ3n) is 3.69. The van der Waals surface area contributed by atoms with Crippen LogP contribution in [0.15, 0.2) is 63.3 Å². The lowest BCUT2D eigenvalue weighted by molar-refractivity contribution is 0.102. The molecule has 0 fully saturated rings. The van der Waals surface area contributed by atoms with Crippen LogP contribution in [-0.4, -0.2) is 28.5 Å². The Balaban J connectivity index is 2.53. The normalized spacial score (nSPS) is 11.8. The number of nitrogens with one attached hydrogen (secondary N) is 1. The fraction of sp³-hybridized carbons (Fsp3) is 0.118. The van der Waals surface area contributed by atoms with E-state index in [9.17, 15) is 21.6 Å². The second-order valence-electron chi connectivity index (χ2n) is 5.61. The zero-order valence-corrected chi connectivity index (χ0v) is 17.5. The van der Waals surface area contributed by atoms with Crippen molar-refractivity contribution < 1.29 is 21.6 Å². The lowest BCUT2D eigenvalue weighted by Gasteiger charge is -2.14. The molecular formula is C17H17BrN2O5S2. The largest absolute Gasteiger partial charge is 0.321 e. The maximum Gasteiger partial charge on any atom is 0.256 e. The molecule has 0 saturated heterocycles. The van der Waals surface area contributed by atoms with Crippen LogP contribution < -0.4 is 10.5 Å². The standard InChI is InChI=1S/C17H17BrN2O5S2/c1-3-10-26(22,23)16-11(2)12(8-9-13(16)18)17(21)20-14-6-4-5-7-15(14)27(19,24)25/h3-9H,1,10H2,2H3,(H,20,21)(H2,19,24,25). The van der Waals surface area contributed by atoms with Gasteiger partial charge in [-0.15, -0.1) is 6.58 Å². The molecule has 0 saturated carbocycles. The molecule has 0 heterocycles. The molecule has 2 rings (SSSR count). The van der Waals surface area contributed by atoms with Crippen molar-refractivity contribution >= 4 is 47.4 Å². The Morgan fingerprint density at radius 1 is 1.19 bits per heavy atom. The second-order valence-corrected chi connectivity index (χ2v) is 9.97. The van der Waals surface area contributed by atoms with E-state index in [4.69, 9.17) is 5.14 Å². The lowest BCUT2D eigenvalue weighted by Crippen LogP contribution is -2.20. The third kappa shape index (κ3) is 4.64. The van der Waals surface area contributed by atoms with Crippen molar-refractivity contribution in [2.24, 2.45) is 5.14 Å². The van der Waals surface area contributed by atoms with Gasteiger partial charge >= 0.3 is 0 Å². The van der Waals surface area contributed by atoms with Crippen molar-refractivity contribution in [3.63, 3.8) is 0 Å². The first kappa shape index (κ1) is 21.3. The Hall–Kier alpha value is -2.01. The molecule has 0 aliphatic carbocycles. The van der Waals surface area contributed by atoms with Gasteiger partial charge in [-0.05, 0) is 52.7 Å². The summed E-state index contributed by atoms with van der Waals surface area (Å²) in [6.45, 7) is 4.94. The third-order valence-corrected chi connectivity index (χ3v) is 7.41. The van der Waals surface area contributed by atoms with Crippen LogP contribution in [0, 0.1) is 6.92 Å². The van der Waals surface area contributed by atoms with Gasteiger partial charge in [-0.2, -0.15) is 0 Å². The van der Waals surface area contributed by atoms with Gasteiger partial charge in [0.2, 0.25) is 10.0 Å². The van der Waals surface area contributed by atoms with Crippen LogP contribution in [0.5, 0.6) is 0 Å². The molecule has 0 unspecified atom stereocenters. The quantitative estimate of drug-likeness (QED) is 0.625. The number of primary sulfonamides is 1. The van der Waals surface area contributed by atoms with Crippen LogP contribution in [0.3, 0.4) is 0 Å². The molecule has 10 heteroatoms. The van der Waals surface area contributed by atoms with Gasteiger partial charge in [0.25, 0.3) is 5.91 Å². The average molecular weight is 473 g/mol. The molecule has 3 N–H and O–H groups in total. The zero-order chi connectivity index (χ0) is 20.4. The highest BCUT2D eigenvalue weighted by molar-refractivity contribution is 9.10. The van der Waals surface area contributed by atoms with Crippen molar-refractivity contribution in [3.8, 4) is 0 Å². The number of sulfone groups is 1. The van der Waals surface area contributed by atoms with E-state index in [0.29, 0.717) is 4.47 Å². The van der Waals surface area contributed by atoms with E-state index in [1.54, 1.807) is 6.07 Å². The van der Waals surface area contributed by atoms with Crippen LogP contribution in [0.25, 0.3) is 0 Å². The van der Waals surface area contributed by atoms with Gasteiger partial charge in [0.05, 0.1) is 16.3 Å². The molecule has 2 aromatic carbocycles. The number of hydrogen-bond donors (Lipinski definition) is 2. The molecule has 0 aromatic heterocycles. The minimum absolute atomic E-state index is 0.00261. The summed E-state index contributed by atoms with van der Waals surface area (Å²) in [5.41, 5.74) is 0.324. The summed E-state index contributed by atoms with van der Waals surface area (Å²) >= 11 is 3.20. The van der Waals surface area contributed by atoms with Crippen LogP contribution in [0.2, 0.25) is 0 Å². The first-order valence-corrected chi connectivity index (χ1v) is 11.5. The number of nitrogens with two attached hydrogens (primary N) is 1. The van der Waals surface area contributed by atoms with Gasteiger partial charge in [-0.1, -0.05) is 18.2 Å². The first-order chi connectivity index (χ1) is 12.5. The summed E-state index contributed by atoms with van der Waals surface area (Å²) in [7, 11) is -7.74. The maximum absolute atomic E-state index is 12.7. The monoisotopic (exact) mass is 472 g/mol. The van der Waals surface area contributed by atoms with Gasteiger partial charge in [0.1, 0.15) is 4.90 Å². The summed E-state index contributed by atoms with van der Waals surface area (Å²) in [6.07, 6.45) is 1.26. The molecule has 0 spiro atoms. The average Bonchev–Trinajstić information content (AvgIpc) is 2.53. The fourth-order valence-electron chi connectivity index (χ4n) is 2.53. The minimum Gasteiger partial charge on any atom is -0.321 e. The first-order valence-electron chi connectivity index (χ1n) is 7.55. The number of amides is 1. The van der Waals surface area contributed by atoms with E-state index in [1.807, 2.05) is 0 Å². The van der Waals surface area contributed by atoms with Crippen LogP contribution in [-0.2, 0) is 19.9 Å². The number of hydrogen-bond acceptors (Lipinski definition) is 5. The highest BCUT2D eigenvalue weighted by Crippen LogP contribution is 2.30. The Morgan fingerprint density at radius 2 is 1.81 bits per heavy atom. The molecule has 0 atom stereocenters. The summed E-state index contributed by atoms with van der Waals surface area (Å²) in [6, 6.07) is 8.56. The Kier molecular flexibility index (Phi) is 6.25. The molecular weight excluding hydrogens is 456 g/mol. The number of benzene rings is 2. The van der Waals surface area contributed by atoms with Crippen LogP contribution >= 0.6 is 15.9 Å². The molecule has 144 valence electrons. The summed E-state index contributed by atoms with van der Waals surface area (Å²) in [5.74, 6) is -0.947. The highest BCUT2D eigenvalue weighted by atomic mass is 79.9. The predicted molar refractivity (Wildman–Crippen MR) is 107 cm³/mol. The molecule has 2 aromatic rings. The molecule has 0 bridgehead atoms. The highest BCUT2D eigenvalue weighted by Gasteiger charge is 2.24. The number of para-hydroxylation sites is 1.